The van der Waals surface area contributed by atoms with E-state index in [0.717, 1.165) is 0 Å². The highest BCUT2D eigenvalue weighted by atomic mass is 28.4. The summed E-state index contributed by atoms with van der Waals surface area (Å²) in [5.41, 5.74) is 10.5. The van der Waals surface area contributed by atoms with Crippen molar-refractivity contribution < 1.29 is 18.5 Å². The van der Waals surface area contributed by atoms with Crippen LogP contribution in [0.15, 0.2) is 0 Å². The van der Waals surface area contributed by atoms with Crippen LogP contribution in [0.1, 0.15) is 12.8 Å². The molecule has 6 nitrogen and oxygen atoms in total. The molecule has 0 fully saturated rings. The molecule has 0 amide bonds. The normalized spacial score (nSPS) is 14.4. The molecule has 1 atom stereocenters. The van der Waals surface area contributed by atoms with Gasteiger partial charge in [0.25, 0.3) is 0 Å². The highest BCUT2D eigenvalue weighted by Gasteiger charge is 2.34. The molecule has 0 spiro atoms. The van der Waals surface area contributed by atoms with Crippen LogP contribution in [0.25, 0.3) is 0 Å². The van der Waals surface area contributed by atoms with Crippen LogP contribution in [0.2, 0.25) is 12.1 Å². The first-order valence-corrected chi connectivity index (χ1v) is 8.54. The minimum absolute atomic E-state index is 0.149. The van der Waals surface area contributed by atoms with E-state index in [1.807, 2.05) is 0 Å². The third-order valence-electron chi connectivity index (χ3n) is 1.69. The van der Waals surface area contributed by atoms with E-state index in [9.17, 15) is 14.4 Å². The number of hydrogen-bond donors (Lipinski definition) is 5. The van der Waals surface area contributed by atoms with Crippen molar-refractivity contribution in [3.05, 3.63) is 0 Å². The smallest absolute Gasteiger partial charge is 0.413 e. The Kier molecular flexibility index (Phi) is 7.58. The molecule has 7 N–H and O–H groups in total. The fourth-order valence-corrected chi connectivity index (χ4v) is 4.90. The minimum atomic E-state index is -3.65. The summed E-state index contributed by atoms with van der Waals surface area (Å²) < 4.78 is 4.88. The van der Waals surface area contributed by atoms with Crippen molar-refractivity contribution in [2.45, 2.75) is 24.9 Å². The molecule has 0 saturated heterocycles. The maximum atomic E-state index is 9.38. The molecule has 0 aromatic heterocycles. The number of hydrogen-bond acceptors (Lipinski definition) is 6. The molecule has 0 aliphatic rings. The van der Waals surface area contributed by atoms with Gasteiger partial charge in [-0.15, -0.1) is 0 Å². The average Bonchev–Trinajstić information content (AvgIpc) is 2.11. The van der Waals surface area contributed by atoms with Gasteiger partial charge in [0.05, 0.1) is 0 Å². The molecule has 0 aliphatic carbocycles. The summed E-state index contributed by atoms with van der Waals surface area (Å²) in [6.45, 7) is 0.862. The van der Waals surface area contributed by atoms with Crippen LogP contribution in [-0.2, 0) is 4.12 Å². The fourth-order valence-electron chi connectivity index (χ4n) is 0.961. The first-order valence-electron chi connectivity index (χ1n) is 4.72. The predicted molar refractivity (Wildman–Crippen MR) is 57.6 cm³/mol. The zero-order valence-corrected chi connectivity index (χ0v) is 10.4. The van der Waals surface area contributed by atoms with Crippen molar-refractivity contribution in [3.63, 3.8) is 0 Å². The summed E-state index contributed by atoms with van der Waals surface area (Å²) in [5, 5.41) is 0. The first kappa shape index (κ1) is 14.2. The highest BCUT2D eigenvalue weighted by molar-refractivity contribution is 6.66. The zero-order chi connectivity index (χ0) is 11.0. The Morgan fingerprint density at radius 3 is 2.21 bits per heavy atom. The minimum Gasteiger partial charge on any atom is -0.413 e. The van der Waals surface area contributed by atoms with Gasteiger partial charge < -0.3 is 30.0 Å². The van der Waals surface area contributed by atoms with Gasteiger partial charge in [-0.3, -0.25) is 0 Å². The Hall–Kier alpha value is 0.194. The Bertz CT molecular complexity index is 150. The third-order valence-corrected chi connectivity index (χ3v) is 6.19. The van der Waals surface area contributed by atoms with Gasteiger partial charge in [-0.1, -0.05) is 0 Å². The van der Waals surface area contributed by atoms with E-state index in [1.165, 1.54) is 0 Å². The molecule has 0 rings (SSSR count). The van der Waals surface area contributed by atoms with Crippen molar-refractivity contribution in [1.82, 2.24) is 0 Å². The van der Waals surface area contributed by atoms with E-state index < -0.39 is 18.1 Å². The Balaban J connectivity index is 3.70. The van der Waals surface area contributed by atoms with E-state index in [1.54, 1.807) is 0 Å². The lowest BCUT2D eigenvalue weighted by Crippen LogP contribution is -2.44. The van der Waals surface area contributed by atoms with Crippen molar-refractivity contribution in [1.29, 1.82) is 0 Å². The molecule has 0 radical (unpaired) electrons. The highest BCUT2D eigenvalue weighted by Crippen LogP contribution is 2.09. The van der Waals surface area contributed by atoms with Crippen LogP contribution in [0.5, 0.6) is 0 Å². The lowest BCUT2D eigenvalue weighted by molar-refractivity contribution is 0.217. The van der Waals surface area contributed by atoms with Crippen LogP contribution >= 0.6 is 0 Å². The van der Waals surface area contributed by atoms with Crippen molar-refractivity contribution in [2.75, 3.05) is 13.1 Å². The lowest BCUT2D eigenvalue weighted by atomic mass is 10.5. The summed E-state index contributed by atoms with van der Waals surface area (Å²) in [4.78, 5) is 28.1. The van der Waals surface area contributed by atoms with Crippen LogP contribution in [0.3, 0.4) is 0 Å². The molecular formula is C6H20N2O4Si2. The second kappa shape index (κ2) is 7.48. The second-order valence-corrected chi connectivity index (χ2v) is 7.55. The van der Waals surface area contributed by atoms with Crippen LogP contribution < -0.4 is 11.5 Å². The molecule has 8 heteroatoms. The molecule has 0 heterocycles. The summed E-state index contributed by atoms with van der Waals surface area (Å²) in [6.07, 6.45) is 1.14. The topological polar surface area (TPSA) is 122 Å². The Labute approximate surface area is 86.7 Å². The molecule has 86 valence electrons. The molecule has 0 aliphatic heterocycles. The first-order chi connectivity index (χ1) is 6.52. The molecule has 14 heavy (non-hydrogen) atoms. The second-order valence-electron chi connectivity index (χ2n) is 3.14. The molecule has 0 aromatic carbocycles. The van der Waals surface area contributed by atoms with Gasteiger partial charge in [-0.25, -0.2) is 0 Å². The molecular weight excluding hydrogens is 220 g/mol. The molecule has 0 saturated carbocycles. The quantitative estimate of drug-likeness (QED) is 0.308. The zero-order valence-electron chi connectivity index (χ0n) is 8.22. The van der Waals surface area contributed by atoms with Crippen LogP contribution in [-0.4, -0.2) is 45.6 Å². The largest absolute Gasteiger partial charge is 0.486 e. The monoisotopic (exact) mass is 240 g/mol. The summed E-state index contributed by atoms with van der Waals surface area (Å²) in [7, 11) is -6.09. The predicted octanol–water partition coefficient (Wildman–Crippen LogP) is -2.16. The van der Waals surface area contributed by atoms with Crippen LogP contribution in [0, 0.1) is 0 Å². The molecule has 0 bridgehead atoms. The third kappa shape index (κ3) is 7.58. The molecule has 0 aromatic rings. The van der Waals surface area contributed by atoms with Gasteiger partial charge >= 0.3 is 18.1 Å². The van der Waals surface area contributed by atoms with Crippen LogP contribution in [0.4, 0.5) is 0 Å². The Morgan fingerprint density at radius 2 is 1.71 bits per heavy atom. The summed E-state index contributed by atoms with van der Waals surface area (Å²) in [5.74, 6) is 0. The maximum Gasteiger partial charge on any atom is 0.486 e. The summed E-state index contributed by atoms with van der Waals surface area (Å²) >= 11 is 0. The van der Waals surface area contributed by atoms with Gasteiger partial charge in [0.2, 0.25) is 0 Å². The average molecular weight is 240 g/mol. The number of rotatable bonds is 8. The van der Waals surface area contributed by atoms with E-state index in [4.69, 9.17) is 15.6 Å². The lowest BCUT2D eigenvalue weighted by Gasteiger charge is -2.20. The summed E-state index contributed by atoms with van der Waals surface area (Å²) in [6, 6.07) is 0.602. The van der Waals surface area contributed by atoms with Crippen molar-refractivity contribution in [2.24, 2.45) is 11.5 Å². The maximum absolute atomic E-state index is 9.38. The van der Waals surface area contributed by atoms with Gasteiger partial charge in [-0.05, 0) is 32.0 Å². The van der Waals surface area contributed by atoms with E-state index in [0.29, 0.717) is 32.0 Å². The fraction of sp³-hybridized carbons (Fsp3) is 1.00. The van der Waals surface area contributed by atoms with Gasteiger partial charge in [0, 0.05) is 6.04 Å². The van der Waals surface area contributed by atoms with Gasteiger partial charge in [-0.2, -0.15) is 0 Å². The van der Waals surface area contributed by atoms with E-state index >= 15 is 0 Å². The molecule has 1 unspecified atom stereocenters. The van der Waals surface area contributed by atoms with Gasteiger partial charge in [0.15, 0.2) is 0 Å². The van der Waals surface area contributed by atoms with Gasteiger partial charge in [0.1, 0.15) is 0 Å². The SMILES string of the molecule is NCCC[SiH](O)O[Si](O)(O)CCCN. The Morgan fingerprint density at radius 1 is 1.14 bits per heavy atom. The van der Waals surface area contributed by atoms with E-state index in [-0.39, 0.29) is 6.04 Å². The van der Waals surface area contributed by atoms with Crippen molar-refractivity contribution >= 4 is 18.1 Å². The van der Waals surface area contributed by atoms with E-state index in [2.05, 4.69) is 0 Å². The standard InChI is InChI=1S/C6H20N2O4Si2/c7-3-1-5-13(9)12-14(10,11)6-2-4-8/h9-11,13H,1-8H2. The van der Waals surface area contributed by atoms with Crippen molar-refractivity contribution in [3.8, 4) is 0 Å². The number of nitrogens with two attached hydrogens (primary N) is 2.